The summed E-state index contributed by atoms with van der Waals surface area (Å²) in [6.07, 6.45) is 8.31. The number of ether oxygens (including phenoxy) is 2. The molecule has 1 atom stereocenters. The van der Waals surface area contributed by atoms with E-state index in [0.29, 0.717) is 6.61 Å². The van der Waals surface area contributed by atoms with Crippen molar-refractivity contribution in [1.29, 1.82) is 0 Å². The molecular weight excluding hydrogens is 402 g/mol. The molecule has 0 bridgehead atoms. The number of nitrogens with zero attached hydrogens (tertiary/aromatic N) is 3. The standard InChI is InChI=1S/C26H27N3O3/c1-18-15-28(17-27-18)23-10-9-19(13-25(23)31-2)12-21-7-5-11-29(26(21)30)22-14-20-6-3-4-8-24(20)32-16-22/h3-4,6,8-10,12-13,15,17,22H,5,7,11,14,16H2,1-2H3/b21-12+/t22-/m1/s1. The summed E-state index contributed by atoms with van der Waals surface area (Å²) in [5, 5.41) is 0. The summed E-state index contributed by atoms with van der Waals surface area (Å²) in [5.41, 5.74) is 4.83. The molecule has 1 fully saturated rings. The lowest BCUT2D eigenvalue weighted by molar-refractivity contribution is -0.131. The lowest BCUT2D eigenvalue weighted by Gasteiger charge is -2.38. The van der Waals surface area contributed by atoms with E-state index in [-0.39, 0.29) is 11.9 Å². The second-order valence-corrected chi connectivity index (χ2v) is 8.40. The number of benzene rings is 2. The molecule has 3 aromatic rings. The van der Waals surface area contributed by atoms with Crippen molar-refractivity contribution in [3.63, 3.8) is 0 Å². The van der Waals surface area contributed by atoms with E-state index >= 15 is 0 Å². The minimum atomic E-state index is 0.0718. The van der Waals surface area contributed by atoms with Crippen LogP contribution < -0.4 is 9.47 Å². The summed E-state index contributed by atoms with van der Waals surface area (Å²) in [6, 6.07) is 14.2. The minimum Gasteiger partial charge on any atom is -0.495 e. The largest absolute Gasteiger partial charge is 0.495 e. The van der Waals surface area contributed by atoms with Gasteiger partial charge >= 0.3 is 0 Å². The third kappa shape index (κ3) is 3.88. The minimum absolute atomic E-state index is 0.0718. The molecule has 0 saturated carbocycles. The number of hydrogen-bond acceptors (Lipinski definition) is 4. The van der Waals surface area contributed by atoms with Crippen LogP contribution in [0.3, 0.4) is 0 Å². The second-order valence-electron chi connectivity index (χ2n) is 8.40. The van der Waals surface area contributed by atoms with Crippen LogP contribution in [0, 0.1) is 6.92 Å². The SMILES string of the molecule is COc1cc(/C=C2\CCCN([C@H]3COc4ccccc4C3)C2=O)ccc1-n1cnc(C)c1. The van der Waals surface area contributed by atoms with Crippen molar-refractivity contribution in [2.75, 3.05) is 20.3 Å². The molecule has 0 aliphatic carbocycles. The van der Waals surface area contributed by atoms with Crippen molar-refractivity contribution in [2.24, 2.45) is 0 Å². The maximum absolute atomic E-state index is 13.3. The van der Waals surface area contributed by atoms with E-state index in [9.17, 15) is 4.79 Å². The Bertz CT molecular complexity index is 1180. The summed E-state index contributed by atoms with van der Waals surface area (Å²) < 4.78 is 13.5. The van der Waals surface area contributed by atoms with Gasteiger partial charge in [-0.05, 0) is 61.6 Å². The molecule has 32 heavy (non-hydrogen) atoms. The monoisotopic (exact) mass is 429 g/mol. The lowest BCUT2D eigenvalue weighted by Crippen LogP contribution is -2.49. The van der Waals surface area contributed by atoms with Crippen molar-refractivity contribution in [1.82, 2.24) is 14.5 Å². The van der Waals surface area contributed by atoms with Crippen LogP contribution in [0.1, 0.15) is 29.7 Å². The van der Waals surface area contributed by atoms with Gasteiger partial charge in [0, 0.05) is 18.3 Å². The van der Waals surface area contributed by atoms with Crippen molar-refractivity contribution in [3.8, 4) is 17.2 Å². The third-order valence-electron chi connectivity index (χ3n) is 6.22. The van der Waals surface area contributed by atoms with Crippen LogP contribution in [-0.4, -0.2) is 46.7 Å². The van der Waals surface area contributed by atoms with Gasteiger partial charge in [0.25, 0.3) is 0 Å². The smallest absolute Gasteiger partial charge is 0.250 e. The van der Waals surface area contributed by atoms with E-state index in [4.69, 9.17) is 9.47 Å². The van der Waals surface area contributed by atoms with Crippen LogP contribution in [0.25, 0.3) is 11.8 Å². The van der Waals surface area contributed by atoms with Crippen molar-refractivity contribution in [3.05, 3.63) is 77.4 Å². The number of amides is 1. The number of imidazole rings is 1. The van der Waals surface area contributed by atoms with E-state index in [1.54, 1.807) is 13.4 Å². The van der Waals surface area contributed by atoms with E-state index < -0.39 is 0 Å². The highest BCUT2D eigenvalue weighted by atomic mass is 16.5. The predicted molar refractivity (Wildman–Crippen MR) is 123 cm³/mol. The highest BCUT2D eigenvalue weighted by Crippen LogP contribution is 2.31. The van der Waals surface area contributed by atoms with Crippen LogP contribution in [0.15, 0.2) is 60.6 Å². The molecule has 3 heterocycles. The highest BCUT2D eigenvalue weighted by Gasteiger charge is 2.32. The van der Waals surface area contributed by atoms with Gasteiger partial charge in [0.2, 0.25) is 5.91 Å². The molecule has 0 N–H and O–H groups in total. The first-order valence-electron chi connectivity index (χ1n) is 11.0. The van der Waals surface area contributed by atoms with E-state index in [1.807, 2.05) is 65.1 Å². The number of aromatic nitrogens is 2. The zero-order valence-electron chi connectivity index (χ0n) is 18.5. The molecular formula is C26H27N3O3. The Hall–Kier alpha value is -3.54. The summed E-state index contributed by atoms with van der Waals surface area (Å²) in [7, 11) is 1.66. The summed E-state index contributed by atoms with van der Waals surface area (Å²) >= 11 is 0. The van der Waals surface area contributed by atoms with Gasteiger partial charge in [0.1, 0.15) is 18.1 Å². The fourth-order valence-corrected chi connectivity index (χ4v) is 4.58. The Morgan fingerprint density at radius 2 is 2.09 bits per heavy atom. The third-order valence-corrected chi connectivity index (χ3v) is 6.22. The van der Waals surface area contributed by atoms with Gasteiger partial charge in [-0.25, -0.2) is 4.98 Å². The maximum Gasteiger partial charge on any atom is 0.250 e. The molecule has 0 spiro atoms. The van der Waals surface area contributed by atoms with Gasteiger partial charge in [-0.2, -0.15) is 0 Å². The fourth-order valence-electron chi connectivity index (χ4n) is 4.58. The second kappa shape index (κ2) is 8.54. The molecule has 0 radical (unpaired) electrons. The fraction of sp³-hybridized carbons (Fsp3) is 0.308. The molecule has 1 amide bonds. The quantitative estimate of drug-likeness (QED) is 0.584. The average molecular weight is 430 g/mol. The van der Waals surface area contributed by atoms with Crippen LogP contribution in [0.5, 0.6) is 11.5 Å². The number of hydrogen-bond donors (Lipinski definition) is 0. The number of rotatable bonds is 4. The Labute approximate surface area is 188 Å². The Morgan fingerprint density at radius 3 is 2.91 bits per heavy atom. The van der Waals surface area contributed by atoms with Gasteiger partial charge in [-0.1, -0.05) is 24.3 Å². The number of carbonyl (C=O) groups is 1. The molecule has 0 unspecified atom stereocenters. The molecule has 2 aromatic carbocycles. The summed E-state index contributed by atoms with van der Waals surface area (Å²) in [5.74, 6) is 1.79. The Morgan fingerprint density at radius 1 is 1.22 bits per heavy atom. The Kier molecular flexibility index (Phi) is 5.43. The number of methoxy groups -OCH3 is 1. The van der Waals surface area contributed by atoms with E-state index in [2.05, 4.69) is 11.1 Å². The van der Waals surface area contributed by atoms with Gasteiger partial charge in [0.05, 0.1) is 30.9 Å². The molecule has 2 aliphatic rings. The first-order valence-corrected chi connectivity index (χ1v) is 11.0. The zero-order chi connectivity index (χ0) is 22.1. The first-order chi connectivity index (χ1) is 15.6. The predicted octanol–water partition coefficient (Wildman–Crippen LogP) is 4.20. The molecule has 2 aliphatic heterocycles. The van der Waals surface area contributed by atoms with Crippen LogP contribution in [-0.2, 0) is 11.2 Å². The average Bonchev–Trinajstić information content (AvgIpc) is 3.26. The van der Waals surface area contributed by atoms with Crippen LogP contribution >= 0.6 is 0 Å². The number of carbonyl (C=O) groups excluding carboxylic acids is 1. The van der Waals surface area contributed by atoms with Crippen molar-refractivity contribution >= 4 is 12.0 Å². The van der Waals surface area contributed by atoms with Gasteiger partial charge in [-0.3, -0.25) is 4.79 Å². The number of piperidine rings is 1. The number of aryl methyl sites for hydroxylation is 1. The molecule has 1 aromatic heterocycles. The van der Waals surface area contributed by atoms with Gasteiger partial charge < -0.3 is 18.9 Å². The van der Waals surface area contributed by atoms with Crippen LogP contribution in [0.2, 0.25) is 0 Å². The van der Waals surface area contributed by atoms with Gasteiger partial charge in [0.15, 0.2) is 0 Å². The van der Waals surface area contributed by atoms with E-state index in [1.165, 1.54) is 5.56 Å². The molecule has 164 valence electrons. The number of likely N-dealkylation sites (tertiary alicyclic amines) is 1. The normalized spacial score (nSPS) is 19.6. The lowest BCUT2D eigenvalue weighted by atomic mass is 9.95. The van der Waals surface area contributed by atoms with Gasteiger partial charge in [-0.15, -0.1) is 0 Å². The highest BCUT2D eigenvalue weighted by molar-refractivity contribution is 5.98. The maximum atomic E-state index is 13.3. The van der Waals surface area contributed by atoms with Crippen molar-refractivity contribution in [2.45, 2.75) is 32.2 Å². The molecule has 1 saturated heterocycles. The topological polar surface area (TPSA) is 56.6 Å². The number of fused-ring (bicyclic) bond motifs is 1. The van der Waals surface area contributed by atoms with Crippen molar-refractivity contribution < 1.29 is 14.3 Å². The first kappa shape index (κ1) is 20.4. The Balaban J connectivity index is 1.38. The molecule has 5 rings (SSSR count). The summed E-state index contributed by atoms with van der Waals surface area (Å²) in [6.45, 7) is 3.27. The molecule has 6 nitrogen and oxygen atoms in total. The molecule has 6 heteroatoms. The van der Waals surface area contributed by atoms with Crippen LogP contribution in [0.4, 0.5) is 0 Å². The zero-order valence-corrected chi connectivity index (χ0v) is 18.5. The summed E-state index contributed by atoms with van der Waals surface area (Å²) in [4.78, 5) is 19.6. The van der Waals surface area contributed by atoms with E-state index in [0.717, 1.165) is 59.8 Å². The number of para-hydroxylation sites is 1.